The first kappa shape index (κ1) is 14.1. The Morgan fingerprint density at radius 3 is 2.50 bits per heavy atom. The highest BCUT2D eigenvalue weighted by molar-refractivity contribution is 5.67. The molecule has 0 saturated carbocycles. The van der Waals surface area contributed by atoms with Crippen LogP contribution in [0.3, 0.4) is 0 Å². The van der Waals surface area contributed by atoms with E-state index in [1.807, 2.05) is 6.92 Å². The summed E-state index contributed by atoms with van der Waals surface area (Å²) in [5, 5.41) is 2.70. The van der Waals surface area contributed by atoms with E-state index in [0.717, 1.165) is 6.42 Å². The SMILES string of the molecule is CCCOc1cc(Nc2c(F)cccc2F)ccc1N. The minimum atomic E-state index is -0.655. The molecule has 0 aliphatic rings. The molecule has 0 aliphatic heterocycles. The molecule has 0 aliphatic carbocycles. The maximum Gasteiger partial charge on any atom is 0.149 e. The van der Waals surface area contributed by atoms with Gasteiger partial charge in [0, 0.05) is 11.8 Å². The van der Waals surface area contributed by atoms with Crippen molar-refractivity contribution in [2.24, 2.45) is 0 Å². The van der Waals surface area contributed by atoms with Crippen LogP contribution in [0.4, 0.5) is 25.8 Å². The monoisotopic (exact) mass is 278 g/mol. The summed E-state index contributed by atoms with van der Waals surface area (Å²) in [6, 6.07) is 8.59. The van der Waals surface area contributed by atoms with E-state index >= 15 is 0 Å². The molecule has 20 heavy (non-hydrogen) atoms. The van der Waals surface area contributed by atoms with Crippen LogP contribution in [0.1, 0.15) is 13.3 Å². The van der Waals surface area contributed by atoms with Crippen LogP contribution in [-0.2, 0) is 0 Å². The van der Waals surface area contributed by atoms with Crippen LogP contribution in [0.15, 0.2) is 36.4 Å². The topological polar surface area (TPSA) is 47.3 Å². The molecule has 0 radical (unpaired) electrons. The highest BCUT2D eigenvalue weighted by Gasteiger charge is 2.09. The molecule has 2 aromatic rings. The maximum atomic E-state index is 13.6. The average molecular weight is 278 g/mol. The van der Waals surface area contributed by atoms with E-state index in [0.29, 0.717) is 23.7 Å². The summed E-state index contributed by atoms with van der Waals surface area (Å²) < 4.78 is 32.6. The van der Waals surface area contributed by atoms with Crippen molar-refractivity contribution in [3.63, 3.8) is 0 Å². The van der Waals surface area contributed by atoms with Gasteiger partial charge in [0.1, 0.15) is 23.1 Å². The molecule has 2 aromatic carbocycles. The van der Waals surface area contributed by atoms with Crippen LogP contribution in [-0.4, -0.2) is 6.61 Å². The zero-order chi connectivity index (χ0) is 14.5. The number of hydrogen-bond acceptors (Lipinski definition) is 3. The second-order valence-electron chi connectivity index (χ2n) is 4.32. The van der Waals surface area contributed by atoms with E-state index in [1.54, 1.807) is 18.2 Å². The van der Waals surface area contributed by atoms with Crippen LogP contribution < -0.4 is 15.8 Å². The number of nitrogens with one attached hydrogen (secondary N) is 1. The Morgan fingerprint density at radius 1 is 1.15 bits per heavy atom. The van der Waals surface area contributed by atoms with Crippen LogP contribution >= 0.6 is 0 Å². The number of nitrogen functional groups attached to an aromatic ring is 1. The highest BCUT2D eigenvalue weighted by atomic mass is 19.1. The minimum Gasteiger partial charge on any atom is -0.491 e. The zero-order valence-corrected chi connectivity index (χ0v) is 11.1. The lowest BCUT2D eigenvalue weighted by Crippen LogP contribution is -2.01. The summed E-state index contributed by atoms with van der Waals surface area (Å²) >= 11 is 0. The number of benzene rings is 2. The van der Waals surface area contributed by atoms with Crippen molar-refractivity contribution in [3.8, 4) is 5.75 Å². The van der Waals surface area contributed by atoms with Gasteiger partial charge in [-0.1, -0.05) is 13.0 Å². The summed E-state index contributed by atoms with van der Waals surface area (Å²) in [5.41, 5.74) is 6.58. The molecule has 106 valence electrons. The average Bonchev–Trinajstić information content (AvgIpc) is 2.43. The van der Waals surface area contributed by atoms with Gasteiger partial charge in [0.25, 0.3) is 0 Å². The van der Waals surface area contributed by atoms with Gasteiger partial charge in [-0.15, -0.1) is 0 Å². The molecule has 0 saturated heterocycles. The number of halogens is 2. The molecule has 0 spiro atoms. The normalized spacial score (nSPS) is 10.3. The van der Waals surface area contributed by atoms with Crippen LogP contribution in [0, 0.1) is 11.6 Å². The minimum absolute atomic E-state index is 0.196. The molecule has 0 fully saturated rings. The number of anilines is 3. The van der Waals surface area contributed by atoms with Crippen LogP contribution in [0.5, 0.6) is 5.75 Å². The van der Waals surface area contributed by atoms with E-state index < -0.39 is 11.6 Å². The predicted octanol–water partition coefficient (Wildman–Crippen LogP) is 4.08. The quantitative estimate of drug-likeness (QED) is 0.810. The molecule has 0 bridgehead atoms. The Hall–Kier alpha value is -2.30. The Bertz CT molecular complexity index is 582. The fourth-order valence-electron chi connectivity index (χ4n) is 1.71. The van der Waals surface area contributed by atoms with Gasteiger partial charge >= 0.3 is 0 Å². The predicted molar refractivity (Wildman–Crippen MR) is 76.3 cm³/mol. The molecule has 3 nitrogen and oxygen atoms in total. The molecule has 0 unspecified atom stereocenters. The zero-order valence-electron chi connectivity index (χ0n) is 11.1. The molecule has 0 atom stereocenters. The van der Waals surface area contributed by atoms with Crippen molar-refractivity contribution in [2.75, 3.05) is 17.7 Å². The summed E-state index contributed by atoms with van der Waals surface area (Å²) in [4.78, 5) is 0. The van der Waals surface area contributed by atoms with E-state index in [-0.39, 0.29) is 5.69 Å². The Labute approximate surface area is 116 Å². The largest absolute Gasteiger partial charge is 0.491 e. The number of rotatable bonds is 5. The van der Waals surface area contributed by atoms with Gasteiger partial charge in [0.15, 0.2) is 0 Å². The third-order valence-corrected chi connectivity index (χ3v) is 2.71. The second kappa shape index (κ2) is 6.23. The standard InChI is InChI=1S/C15H16F2N2O/c1-2-8-20-14-9-10(6-7-13(14)18)19-15-11(16)4-3-5-12(15)17/h3-7,9,19H,2,8,18H2,1H3. The summed E-state index contributed by atoms with van der Waals surface area (Å²) in [6.07, 6.45) is 0.846. The summed E-state index contributed by atoms with van der Waals surface area (Å²) in [5.74, 6) is -0.815. The molecule has 0 amide bonds. The van der Waals surface area contributed by atoms with E-state index in [2.05, 4.69) is 5.32 Å². The first-order valence-corrected chi connectivity index (χ1v) is 6.35. The van der Waals surface area contributed by atoms with Gasteiger partial charge < -0.3 is 15.8 Å². The molecular formula is C15H16F2N2O. The van der Waals surface area contributed by atoms with Gasteiger partial charge in [-0.25, -0.2) is 8.78 Å². The van der Waals surface area contributed by atoms with Gasteiger partial charge in [0.05, 0.1) is 12.3 Å². The lowest BCUT2D eigenvalue weighted by atomic mass is 10.2. The van der Waals surface area contributed by atoms with E-state index in [4.69, 9.17) is 10.5 Å². The Morgan fingerprint density at radius 2 is 1.85 bits per heavy atom. The highest BCUT2D eigenvalue weighted by Crippen LogP contribution is 2.29. The van der Waals surface area contributed by atoms with Gasteiger partial charge in [-0.3, -0.25) is 0 Å². The number of hydrogen-bond donors (Lipinski definition) is 2. The van der Waals surface area contributed by atoms with Crippen LogP contribution in [0.2, 0.25) is 0 Å². The van der Waals surface area contributed by atoms with Crippen molar-refractivity contribution in [3.05, 3.63) is 48.0 Å². The van der Waals surface area contributed by atoms with Gasteiger partial charge in [0.2, 0.25) is 0 Å². The molecule has 0 aromatic heterocycles. The molecular weight excluding hydrogens is 262 g/mol. The first-order chi connectivity index (χ1) is 9.61. The number of para-hydroxylation sites is 1. The fourth-order valence-corrected chi connectivity index (χ4v) is 1.71. The van der Waals surface area contributed by atoms with Crippen molar-refractivity contribution >= 4 is 17.1 Å². The van der Waals surface area contributed by atoms with E-state index in [9.17, 15) is 8.78 Å². The molecule has 2 rings (SSSR count). The van der Waals surface area contributed by atoms with Crippen molar-refractivity contribution in [1.82, 2.24) is 0 Å². The fraction of sp³-hybridized carbons (Fsp3) is 0.200. The van der Waals surface area contributed by atoms with Crippen molar-refractivity contribution in [1.29, 1.82) is 0 Å². The van der Waals surface area contributed by atoms with Gasteiger partial charge in [-0.05, 0) is 30.7 Å². The van der Waals surface area contributed by atoms with Crippen molar-refractivity contribution < 1.29 is 13.5 Å². The smallest absolute Gasteiger partial charge is 0.149 e. The lowest BCUT2D eigenvalue weighted by molar-refractivity contribution is 0.319. The third-order valence-electron chi connectivity index (χ3n) is 2.71. The van der Waals surface area contributed by atoms with E-state index in [1.165, 1.54) is 18.2 Å². The third kappa shape index (κ3) is 3.17. The van der Waals surface area contributed by atoms with Gasteiger partial charge in [-0.2, -0.15) is 0 Å². The molecule has 0 heterocycles. The summed E-state index contributed by atoms with van der Waals surface area (Å²) in [7, 11) is 0. The second-order valence-corrected chi connectivity index (χ2v) is 4.32. The van der Waals surface area contributed by atoms with Crippen LogP contribution in [0.25, 0.3) is 0 Å². The molecule has 5 heteroatoms. The molecule has 3 N–H and O–H groups in total. The lowest BCUT2D eigenvalue weighted by Gasteiger charge is -2.12. The Kier molecular flexibility index (Phi) is 4.40. The number of nitrogens with two attached hydrogens (primary N) is 1. The Balaban J connectivity index is 2.25. The first-order valence-electron chi connectivity index (χ1n) is 6.35. The number of ether oxygens (including phenoxy) is 1. The maximum absolute atomic E-state index is 13.6. The van der Waals surface area contributed by atoms with Crippen molar-refractivity contribution in [2.45, 2.75) is 13.3 Å². The summed E-state index contributed by atoms with van der Waals surface area (Å²) in [6.45, 7) is 2.51.